The summed E-state index contributed by atoms with van der Waals surface area (Å²) in [6.45, 7) is 6.02. The van der Waals surface area contributed by atoms with E-state index >= 15 is 0 Å². The first kappa shape index (κ1) is 19.4. The standard InChI is InChI=1S/C23H28N4O2/c1-14-13-21-24-15(2)20(16(3)27(21)26-14)11-12-22(28)25-23(17-5-6-17)18-7-9-19(29-4)10-8-18/h7-10,13,17,23H,5-6,11-12H2,1-4H3,(H,25,28). The second kappa shape index (κ2) is 7.85. The molecule has 1 N–H and O–H groups in total. The molecule has 1 aliphatic carbocycles. The summed E-state index contributed by atoms with van der Waals surface area (Å²) in [7, 11) is 1.66. The zero-order valence-corrected chi connectivity index (χ0v) is 17.5. The van der Waals surface area contributed by atoms with Crippen molar-refractivity contribution in [3.8, 4) is 5.75 Å². The first-order valence-electron chi connectivity index (χ1n) is 10.2. The largest absolute Gasteiger partial charge is 0.497 e. The van der Waals surface area contributed by atoms with Gasteiger partial charge in [0.05, 0.1) is 18.8 Å². The van der Waals surface area contributed by atoms with Gasteiger partial charge in [-0.25, -0.2) is 9.50 Å². The first-order valence-corrected chi connectivity index (χ1v) is 10.2. The van der Waals surface area contributed by atoms with Crippen LogP contribution in [0.3, 0.4) is 0 Å². The molecule has 1 atom stereocenters. The lowest BCUT2D eigenvalue weighted by molar-refractivity contribution is -0.122. The highest BCUT2D eigenvalue weighted by Gasteiger charge is 2.33. The molecule has 0 aliphatic heterocycles. The molecule has 4 rings (SSSR count). The molecular weight excluding hydrogens is 364 g/mol. The van der Waals surface area contributed by atoms with Gasteiger partial charge in [-0.05, 0) is 69.2 Å². The number of nitrogens with zero attached hydrogens (tertiary/aromatic N) is 3. The first-order chi connectivity index (χ1) is 14.0. The van der Waals surface area contributed by atoms with E-state index in [-0.39, 0.29) is 11.9 Å². The van der Waals surface area contributed by atoms with Crippen molar-refractivity contribution in [2.24, 2.45) is 5.92 Å². The van der Waals surface area contributed by atoms with E-state index in [0.29, 0.717) is 18.8 Å². The lowest BCUT2D eigenvalue weighted by Crippen LogP contribution is -2.30. The molecular formula is C23H28N4O2. The highest BCUT2D eigenvalue weighted by molar-refractivity contribution is 5.77. The predicted molar refractivity (Wildman–Crippen MR) is 112 cm³/mol. The third-order valence-corrected chi connectivity index (χ3v) is 5.77. The number of amides is 1. The fourth-order valence-electron chi connectivity index (χ4n) is 4.00. The molecule has 6 heteroatoms. The number of benzene rings is 1. The molecule has 152 valence electrons. The van der Waals surface area contributed by atoms with Gasteiger partial charge in [-0.2, -0.15) is 5.10 Å². The number of aromatic nitrogens is 3. The summed E-state index contributed by atoms with van der Waals surface area (Å²) < 4.78 is 7.12. The Bertz CT molecular complexity index is 1040. The van der Waals surface area contributed by atoms with Crippen LogP contribution in [0.15, 0.2) is 30.3 Å². The van der Waals surface area contributed by atoms with Crippen LogP contribution in [0.2, 0.25) is 0 Å². The Balaban J connectivity index is 1.45. The zero-order valence-electron chi connectivity index (χ0n) is 17.5. The van der Waals surface area contributed by atoms with Crippen LogP contribution >= 0.6 is 0 Å². The minimum Gasteiger partial charge on any atom is -0.497 e. The molecule has 3 aromatic rings. The molecule has 6 nitrogen and oxygen atoms in total. The molecule has 1 aromatic carbocycles. The topological polar surface area (TPSA) is 68.5 Å². The van der Waals surface area contributed by atoms with E-state index in [2.05, 4.69) is 15.4 Å². The third-order valence-electron chi connectivity index (χ3n) is 5.77. The lowest BCUT2D eigenvalue weighted by Gasteiger charge is -2.19. The number of rotatable bonds is 7. The van der Waals surface area contributed by atoms with Crippen molar-refractivity contribution < 1.29 is 9.53 Å². The molecule has 0 spiro atoms. The zero-order chi connectivity index (χ0) is 20.5. The second-order valence-corrected chi connectivity index (χ2v) is 7.97. The Kier molecular flexibility index (Phi) is 5.26. The van der Waals surface area contributed by atoms with Gasteiger partial charge in [0.1, 0.15) is 5.75 Å². The van der Waals surface area contributed by atoms with Crippen LogP contribution < -0.4 is 10.1 Å². The summed E-state index contributed by atoms with van der Waals surface area (Å²) in [5.41, 5.74) is 6.08. The minimum absolute atomic E-state index is 0.0740. The molecule has 1 amide bonds. The molecule has 1 unspecified atom stereocenters. The van der Waals surface area contributed by atoms with Crippen molar-refractivity contribution in [1.82, 2.24) is 19.9 Å². The fraction of sp³-hybridized carbons (Fsp3) is 0.435. The van der Waals surface area contributed by atoms with Crippen LogP contribution in [0.4, 0.5) is 0 Å². The predicted octanol–water partition coefficient (Wildman–Crippen LogP) is 3.86. The summed E-state index contributed by atoms with van der Waals surface area (Å²) in [5.74, 6) is 1.44. The quantitative estimate of drug-likeness (QED) is 0.663. The maximum Gasteiger partial charge on any atom is 0.220 e. The van der Waals surface area contributed by atoms with E-state index in [0.717, 1.165) is 52.4 Å². The van der Waals surface area contributed by atoms with Crippen molar-refractivity contribution in [3.05, 3.63) is 58.5 Å². The van der Waals surface area contributed by atoms with Crippen LogP contribution in [-0.2, 0) is 11.2 Å². The average Bonchev–Trinajstić information content (AvgIpc) is 3.48. The Hall–Kier alpha value is -2.89. The lowest BCUT2D eigenvalue weighted by atomic mass is 10.0. The number of fused-ring (bicyclic) bond motifs is 1. The number of hydrogen-bond acceptors (Lipinski definition) is 4. The number of methoxy groups -OCH3 is 1. The number of aryl methyl sites for hydroxylation is 3. The van der Waals surface area contributed by atoms with Crippen LogP contribution in [0.5, 0.6) is 5.75 Å². The minimum atomic E-state index is 0.0740. The normalized spacial score (nSPS) is 14.8. The SMILES string of the molecule is COc1ccc(C(NC(=O)CCc2c(C)nc3cc(C)nn3c2C)C2CC2)cc1. The van der Waals surface area contributed by atoms with Gasteiger partial charge in [0.15, 0.2) is 5.65 Å². The van der Waals surface area contributed by atoms with E-state index in [4.69, 9.17) is 4.74 Å². The van der Waals surface area contributed by atoms with Gasteiger partial charge in [0, 0.05) is 23.9 Å². The van der Waals surface area contributed by atoms with E-state index in [1.54, 1.807) is 7.11 Å². The Morgan fingerprint density at radius 2 is 1.97 bits per heavy atom. The maximum atomic E-state index is 12.8. The summed E-state index contributed by atoms with van der Waals surface area (Å²) >= 11 is 0. The Labute approximate surface area is 171 Å². The molecule has 2 aromatic heterocycles. The fourth-order valence-corrected chi connectivity index (χ4v) is 4.00. The van der Waals surface area contributed by atoms with E-state index in [9.17, 15) is 4.79 Å². The van der Waals surface area contributed by atoms with Crippen LogP contribution in [0, 0.1) is 26.7 Å². The highest BCUT2D eigenvalue weighted by atomic mass is 16.5. The van der Waals surface area contributed by atoms with Gasteiger partial charge in [0.25, 0.3) is 0 Å². The molecule has 0 saturated heterocycles. The maximum absolute atomic E-state index is 12.8. The molecule has 1 aliphatic rings. The number of carbonyl (C=O) groups excluding carboxylic acids is 1. The van der Waals surface area contributed by atoms with E-state index < -0.39 is 0 Å². The van der Waals surface area contributed by atoms with Crippen molar-refractivity contribution in [1.29, 1.82) is 0 Å². The molecule has 1 saturated carbocycles. The van der Waals surface area contributed by atoms with Gasteiger partial charge in [-0.1, -0.05) is 12.1 Å². The second-order valence-electron chi connectivity index (χ2n) is 7.97. The molecule has 29 heavy (non-hydrogen) atoms. The monoisotopic (exact) mass is 392 g/mol. The van der Waals surface area contributed by atoms with Crippen molar-refractivity contribution in [3.63, 3.8) is 0 Å². The van der Waals surface area contributed by atoms with Crippen LogP contribution in [-0.4, -0.2) is 27.6 Å². The number of hydrogen-bond donors (Lipinski definition) is 1. The Morgan fingerprint density at radius 1 is 1.24 bits per heavy atom. The van der Waals surface area contributed by atoms with Crippen LogP contribution in [0.1, 0.15) is 53.5 Å². The van der Waals surface area contributed by atoms with Gasteiger partial charge >= 0.3 is 0 Å². The van der Waals surface area contributed by atoms with Gasteiger partial charge in [-0.3, -0.25) is 4.79 Å². The smallest absolute Gasteiger partial charge is 0.220 e. The van der Waals surface area contributed by atoms with Gasteiger partial charge < -0.3 is 10.1 Å². The molecule has 0 bridgehead atoms. The summed E-state index contributed by atoms with van der Waals surface area (Å²) in [6.07, 6.45) is 3.42. The van der Waals surface area contributed by atoms with Crippen molar-refractivity contribution in [2.45, 2.75) is 52.5 Å². The van der Waals surface area contributed by atoms with Crippen molar-refractivity contribution >= 4 is 11.6 Å². The van der Waals surface area contributed by atoms with E-state index in [1.807, 2.05) is 55.6 Å². The van der Waals surface area contributed by atoms with Crippen molar-refractivity contribution in [2.75, 3.05) is 7.11 Å². The molecule has 2 heterocycles. The van der Waals surface area contributed by atoms with Gasteiger partial charge in [0.2, 0.25) is 5.91 Å². The van der Waals surface area contributed by atoms with E-state index in [1.165, 1.54) is 0 Å². The number of nitrogens with one attached hydrogen (secondary N) is 1. The highest BCUT2D eigenvalue weighted by Crippen LogP contribution is 2.41. The number of ether oxygens (including phenoxy) is 1. The Morgan fingerprint density at radius 3 is 2.62 bits per heavy atom. The molecule has 1 fully saturated rings. The third kappa shape index (κ3) is 4.11. The number of carbonyl (C=O) groups is 1. The van der Waals surface area contributed by atoms with Crippen LogP contribution in [0.25, 0.3) is 5.65 Å². The summed E-state index contributed by atoms with van der Waals surface area (Å²) in [6, 6.07) is 10.1. The summed E-state index contributed by atoms with van der Waals surface area (Å²) in [4.78, 5) is 17.4. The van der Waals surface area contributed by atoms with Gasteiger partial charge in [-0.15, -0.1) is 0 Å². The summed E-state index contributed by atoms with van der Waals surface area (Å²) in [5, 5.41) is 7.78. The molecule has 0 radical (unpaired) electrons. The average molecular weight is 393 g/mol.